The standard InChI is InChI=1S/C17H15FINO2/c18-15-4-2-1-3-13(15)11-20-17(22)10-9-16(21)12-5-7-14(19)8-6-12/h1-8H,9-11H2,(H,20,22). The number of ketones is 1. The predicted molar refractivity (Wildman–Crippen MR) is 91.0 cm³/mol. The number of hydrogen-bond acceptors (Lipinski definition) is 2. The van der Waals surface area contributed by atoms with Crippen LogP contribution in [0.3, 0.4) is 0 Å². The molecule has 1 amide bonds. The predicted octanol–water partition coefficient (Wildman–Crippen LogP) is 3.71. The maximum absolute atomic E-state index is 13.4. The summed E-state index contributed by atoms with van der Waals surface area (Å²) in [6.07, 6.45) is 0.239. The van der Waals surface area contributed by atoms with E-state index >= 15 is 0 Å². The molecule has 2 aromatic carbocycles. The quantitative estimate of drug-likeness (QED) is 0.582. The van der Waals surface area contributed by atoms with Crippen molar-refractivity contribution in [1.29, 1.82) is 0 Å². The molecule has 0 radical (unpaired) electrons. The molecular weight excluding hydrogens is 396 g/mol. The highest BCUT2D eigenvalue weighted by Crippen LogP contribution is 2.10. The van der Waals surface area contributed by atoms with Gasteiger partial charge >= 0.3 is 0 Å². The Bertz CT molecular complexity index is 671. The van der Waals surface area contributed by atoms with Crippen molar-refractivity contribution in [3.8, 4) is 0 Å². The molecule has 0 atom stereocenters. The van der Waals surface area contributed by atoms with Crippen molar-refractivity contribution in [2.45, 2.75) is 19.4 Å². The molecule has 3 nitrogen and oxygen atoms in total. The van der Waals surface area contributed by atoms with Gasteiger partial charge in [-0.15, -0.1) is 0 Å². The zero-order valence-corrected chi connectivity index (χ0v) is 14.0. The average Bonchev–Trinajstić information content (AvgIpc) is 2.52. The van der Waals surface area contributed by atoms with E-state index in [-0.39, 0.29) is 36.9 Å². The SMILES string of the molecule is O=C(CCC(=O)c1ccc(I)cc1)NCc1ccccc1F. The van der Waals surface area contributed by atoms with Crippen LogP contribution in [0.4, 0.5) is 4.39 Å². The number of benzene rings is 2. The third-order valence-electron chi connectivity index (χ3n) is 3.18. The molecule has 0 heterocycles. The van der Waals surface area contributed by atoms with E-state index in [0.717, 1.165) is 3.57 Å². The minimum atomic E-state index is -0.349. The minimum absolute atomic E-state index is 0.0718. The van der Waals surface area contributed by atoms with Gasteiger partial charge in [0.1, 0.15) is 5.82 Å². The number of Topliss-reactive ketones (excluding diaryl/α,β-unsaturated/α-hetero) is 1. The summed E-state index contributed by atoms with van der Waals surface area (Å²) in [7, 11) is 0. The van der Waals surface area contributed by atoms with E-state index in [0.29, 0.717) is 11.1 Å². The molecule has 0 fully saturated rings. The number of nitrogens with one attached hydrogen (secondary N) is 1. The lowest BCUT2D eigenvalue weighted by molar-refractivity contribution is -0.121. The average molecular weight is 411 g/mol. The summed E-state index contributed by atoms with van der Waals surface area (Å²) in [5.74, 6) is -0.683. The van der Waals surface area contributed by atoms with E-state index < -0.39 is 0 Å². The van der Waals surface area contributed by atoms with Crippen molar-refractivity contribution < 1.29 is 14.0 Å². The number of amides is 1. The van der Waals surface area contributed by atoms with Crippen LogP contribution in [0.5, 0.6) is 0 Å². The normalized spacial score (nSPS) is 10.3. The summed E-state index contributed by atoms with van der Waals surface area (Å²) < 4.78 is 14.5. The summed E-state index contributed by atoms with van der Waals surface area (Å²) >= 11 is 2.16. The van der Waals surface area contributed by atoms with E-state index in [4.69, 9.17) is 0 Å². The van der Waals surface area contributed by atoms with Crippen molar-refractivity contribution in [2.24, 2.45) is 0 Å². The van der Waals surface area contributed by atoms with Crippen molar-refractivity contribution in [2.75, 3.05) is 0 Å². The summed E-state index contributed by atoms with van der Waals surface area (Å²) in [6.45, 7) is 0.128. The highest BCUT2D eigenvalue weighted by Gasteiger charge is 2.10. The Kier molecular flexibility index (Phi) is 6.06. The minimum Gasteiger partial charge on any atom is -0.352 e. The number of carbonyl (C=O) groups excluding carboxylic acids is 2. The fourth-order valence-electron chi connectivity index (χ4n) is 1.93. The lowest BCUT2D eigenvalue weighted by Crippen LogP contribution is -2.23. The summed E-state index contributed by atoms with van der Waals surface area (Å²) in [5, 5.41) is 2.62. The Labute approximate surface area is 142 Å². The molecule has 0 aliphatic carbocycles. The summed E-state index contributed by atoms with van der Waals surface area (Å²) in [6, 6.07) is 13.5. The van der Waals surface area contributed by atoms with Crippen LogP contribution in [0.15, 0.2) is 48.5 Å². The van der Waals surface area contributed by atoms with E-state index in [9.17, 15) is 14.0 Å². The first kappa shape index (κ1) is 16.6. The van der Waals surface area contributed by atoms with E-state index in [1.807, 2.05) is 12.1 Å². The maximum Gasteiger partial charge on any atom is 0.220 e. The monoisotopic (exact) mass is 411 g/mol. The van der Waals surface area contributed by atoms with Crippen LogP contribution in [0, 0.1) is 9.39 Å². The van der Waals surface area contributed by atoms with Gasteiger partial charge in [0.2, 0.25) is 5.91 Å². The van der Waals surface area contributed by atoms with Gasteiger partial charge in [0.25, 0.3) is 0 Å². The van der Waals surface area contributed by atoms with Crippen LogP contribution >= 0.6 is 22.6 Å². The van der Waals surface area contributed by atoms with Gasteiger partial charge in [-0.3, -0.25) is 9.59 Å². The number of rotatable bonds is 6. The van der Waals surface area contributed by atoms with Gasteiger partial charge in [0.15, 0.2) is 5.78 Å². The van der Waals surface area contributed by atoms with Crippen LogP contribution in [0.2, 0.25) is 0 Å². The lowest BCUT2D eigenvalue weighted by Gasteiger charge is -2.06. The molecule has 0 spiro atoms. The van der Waals surface area contributed by atoms with Gasteiger partial charge in [-0.1, -0.05) is 30.3 Å². The molecule has 0 saturated heterocycles. The van der Waals surface area contributed by atoms with Gasteiger partial charge < -0.3 is 5.32 Å². The molecule has 0 aromatic heterocycles. The highest BCUT2D eigenvalue weighted by atomic mass is 127. The molecule has 1 N–H and O–H groups in total. The first-order valence-electron chi connectivity index (χ1n) is 6.85. The Morgan fingerprint density at radius 2 is 1.68 bits per heavy atom. The van der Waals surface area contributed by atoms with Crippen molar-refractivity contribution >= 4 is 34.3 Å². The Hall–Kier alpha value is -1.76. The lowest BCUT2D eigenvalue weighted by atomic mass is 10.1. The molecule has 0 bridgehead atoms. The van der Waals surface area contributed by atoms with Crippen molar-refractivity contribution in [1.82, 2.24) is 5.32 Å². The fraction of sp³-hybridized carbons (Fsp3) is 0.176. The Morgan fingerprint density at radius 3 is 2.36 bits per heavy atom. The molecule has 2 rings (SSSR count). The first-order chi connectivity index (χ1) is 10.6. The zero-order valence-electron chi connectivity index (χ0n) is 11.8. The molecule has 0 aliphatic rings. The third-order valence-corrected chi connectivity index (χ3v) is 3.90. The second-order valence-corrected chi connectivity index (χ2v) is 6.04. The summed E-state index contributed by atoms with van der Waals surface area (Å²) in [4.78, 5) is 23.7. The smallest absolute Gasteiger partial charge is 0.220 e. The second kappa shape index (κ2) is 8.03. The van der Waals surface area contributed by atoms with Gasteiger partial charge in [0.05, 0.1) is 0 Å². The van der Waals surface area contributed by atoms with E-state index in [1.165, 1.54) is 6.07 Å². The summed E-state index contributed by atoms with van der Waals surface area (Å²) in [5.41, 5.74) is 1.03. The highest BCUT2D eigenvalue weighted by molar-refractivity contribution is 14.1. The van der Waals surface area contributed by atoms with Gasteiger partial charge in [0, 0.05) is 34.1 Å². The molecule has 0 saturated carbocycles. The first-order valence-corrected chi connectivity index (χ1v) is 7.93. The zero-order chi connectivity index (χ0) is 15.9. The molecule has 114 valence electrons. The molecule has 5 heteroatoms. The van der Waals surface area contributed by atoms with Crippen LogP contribution in [-0.2, 0) is 11.3 Å². The van der Waals surface area contributed by atoms with Crippen molar-refractivity contribution in [3.63, 3.8) is 0 Å². The molecular formula is C17H15FINO2. The number of halogens is 2. The fourth-order valence-corrected chi connectivity index (χ4v) is 2.29. The van der Waals surface area contributed by atoms with E-state index in [1.54, 1.807) is 30.3 Å². The van der Waals surface area contributed by atoms with Crippen LogP contribution in [0.25, 0.3) is 0 Å². The van der Waals surface area contributed by atoms with Crippen molar-refractivity contribution in [3.05, 3.63) is 69.0 Å². The molecule has 22 heavy (non-hydrogen) atoms. The third kappa shape index (κ3) is 4.91. The van der Waals surface area contributed by atoms with Crippen LogP contribution < -0.4 is 5.32 Å². The molecule has 0 unspecified atom stereocenters. The second-order valence-electron chi connectivity index (χ2n) is 4.80. The topological polar surface area (TPSA) is 46.2 Å². The molecule has 2 aromatic rings. The van der Waals surface area contributed by atoms with Gasteiger partial charge in [-0.25, -0.2) is 4.39 Å². The van der Waals surface area contributed by atoms with Gasteiger partial charge in [-0.05, 0) is 40.8 Å². The number of hydrogen-bond donors (Lipinski definition) is 1. The van der Waals surface area contributed by atoms with Crippen LogP contribution in [-0.4, -0.2) is 11.7 Å². The largest absolute Gasteiger partial charge is 0.352 e. The maximum atomic E-state index is 13.4. The Morgan fingerprint density at radius 1 is 1.00 bits per heavy atom. The van der Waals surface area contributed by atoms with E-state index in [2.05, 4.69) is 27.9 Å². The van der Waals surface area contributed by atoms with Gasteiger partial charge in [-0.2, -0.15) is 0 Å². The number of carbonyl (C=O) groups is 2. The van der Waals surface area contributed by atoms with Crippen LogP contribution in [0.1, 0.15) is 28.8 Å². The Balaban J connectivity index is 1.79. The molecule has 0 aliphatic heterocycles.